The number of benzene rings is 2. The summed E-state index contributed by atoms with van der Waals surface area (Å²) in [6.45, 7) is 2.79. The van der Waals surface area contributed by atoms with E-state index < -0.39 is 5.92 Å². The molecule has 178 valence electrons. The molecule has 0 bridgehead atoms. The number of nitrogens with one attached hydrogen (secondary N) is 3. The Hall–Kier alpha value is -3.72. The van der Waals surface area contributed by atoms with E-state index in [1.165, 1.54) is 6.92 Å². The lowest BCUT2D eigenvalue weighted by molar-refractivity contribution is -0.122. The maximum atomic E-state index is 13.0. The van der Waals surface area contributed by atoms with Gasteiger partial charge in [0.05, 0.1) is 23.3 Å². The van der Waals surface area contributed by atoms with Gasteiger partial charge in [0.2, 0.25) is 17.7 Å². The van der Waals surface area contributed by atoms with Gasteiger partial charge in [0.1, 0.15) is 0 Å². The second kappa shape index (κ2) is 10.5. The zero-order valence-electron chi connectivity index (χ0n) is 19.0. The number of ether oxygens (including phenoxy) is 1. The summed E-state index contributed by atoms with van der Waals surface area (Å²) in [5, 5.41) is 8.38. The van der Waals surface area contributed by atoms with Gasteiger partial charge in [-0.1, -0.05) is 12.1 Å². The molecular weight excluding hydrogens is 436 g/mol. The quantitative estimate of drug-likeness (QED) is 0.582. The fraction of sp³-hybridized carbons (Fsp3) is 0.360. The van der Waals surface area contributed by atoms with Crippen LogP contribution in [0.1, 0.15) is 36.5 Å². The summed E-state index contributed by atoms with van der Waals surface area (Å²) in [4.78, 5) is 51.0. The van der Waals surface area contributed by atoms with Crippen LogP contribution in [0.4, 0.5) is 17.1 Å². The fourth-order valence-electron chi connectivity index (χ4n) is 4.19. The number of carbonyl (C=O) groups is 4. The zero-order chi connectivity index (χ0) is 24.1. The predicted octanol–water partition coefficient (Wildman–Crippen LogP) is 2.55. The van der Waals surface area contributed by atoms with Crippen LogP contribution in [0.2, 0.25) is 0 Å². The fourth-order valence-corrected chi connectivity index (χ4v) is 4.19. The average Bonchev–Trinajstić information content (AvgIpc) is 3.48. The van der Waals surface area contributed by atoms with E-state index in [1.807, 2.05) is 0 Å². The smallest absolute Gasteiger partial charge is 0.253 e. The van der Waals surface area contributed by atoms with E-state index in [2.05, 4.69) is 16.0 Å². The highest BCUT2D eigenvalue weighted by Crippen LogP contribution is 2.28. The molecule has 34 heavy (non-hydrogen) atoms. The van der Waals surface area contributed by atoms with Gasteiger partial charge in [-0.2, -0.15) is 0 Å². The standard InChI is InChI=1S/C25H28N4O5/c1-16(30)27-18-8-10-19(11-9-18)29-15-17(13-23(29)31)24(32)28-22-7-3-2-6-21(22)25(33)26-14-20-5-4-12-34-20/h2-3,6-11,17,20H,4-5,12-15H2,1H3,(H,26,33)(H,27,30)(H,28,32). The average molecular weight is 465 g/mol. The number of hydrogen-bond acceptors (Lipinski definition) is 5. The number of para-hydroxylation sites is 1. The second-order valence-corrected chi connectivity index (χ2v) is 8.51. The van der Waals surface area contributed by atoms with Crippen molar-refractivity contribution in [2.45, 2.75) is 32.3 Å². The number of amides is 4. The van der Waals surface area contributed by atoms with E-state index in [0.29, 0.717) is 35.8 Å². The molecule has 2 aromatic carbocycles. The van der Waals surface area contributed by atoms with Crippen LogP contribution in [-0.2, 0) is 19.1 Å². The molecule has 0 spiro atoms. The Morgan fingerprint density at radius 3 is 2.53 bits per heavy atom. The molecule has 2 saturated heterocycles. The summed E-state index contributed by atoms with van der Waals surface area (Å²) in [6.07, 6.45) is 2.01. The van der Waals surface area contributed by atoms with Crippen LogP contribution in [0.5, 0.6) is 0 Å². The minimum Gasteiger partial charge on any atom is -0.376 e. The molecule has 0 radical (unpaired) electrons. The summed E-state index contributed by atoms with van der Waals surface area (Å²) in [5.41, 5.74) is 2.06. The van der Waals surface area contributed by atoms with Gasteiger partial charge in [-0.05, 0) is 49.2 Å². The molecule has 2 heterocycles. The summed E-state index contributed by atoms with van der Waals surface area (Å²) >= 11 is 0. The highest BCUT2D eigenvalue weighted by Gasteiger charge is 2.35. The molecule has 0 saturated carbocycles. The minimum atomic E-state index is -0.550. The van der Waals surface area contributed by atoms with Gasteiger partial charge in [-0.25, -0.2) is 0 Å². The Morgan fingerprint density at radius 1 is 1.06 bits per heavy atom. The van der Waals surface area contributed by atoms with Crippen LogP contribution in [-0.4, -0.2) is 49.4 Å². The molecule has 9 heteroatoms. The van der Waals surface area contributed by atoms with Crippen LogP contribution >= 0.6 is 0 Å². The molecule has 3 N–H and O–H groups in total. The van der Waals surface area contributed by atoms with Gasteiger partial charge < -0.3 is 25.6 Å². The van der Waals surface area contributed by atoms with Crippen molar-refractivity contribution in [2.75, 3.05) is 35.2 Å². The van der Waals surface area contributed by atoms with E-state index in [1.54, 1.807) is 53.4 Å². The molecule has 4 rings (SSSR count). The van der Waals surface area contributed by atoms with E-state index in [0.717, 1.165) is 12.8 Å². The predicted molar refractivity (Wildman–Crippen MR) is 128 cm³/mol. The third-order valence-electron chi connectivity index (χ3n) is 5.94. The molecule has 0 aromatic heterocycles. The molecule has 2 aliphatic heterocycles. The third kappa shape index (κ3) is 5.60. The van der Waals surface area contributed by atoms with Gasteiger partial charge in [0.15, 0.2) is 0 Å². The van der Waals surface area contributed by atoms with Gasteiger partial charge >= 0.3 is 0 Å². The molecule has 2 fully saturated rings. The van der Waals surface area contributed by atoms with Crippen molar-refractivity contribution < 1.29 is 23.9 Å². The van der Waals surface area contributed by atoms with Crippen molar-refractivity contribution in [3.8, 4) is 0 Å². The van der Waals surface area contributed by atoms with Crippen molar-refractivity contribution >= 4 is 40.7 Å². The number of hydrogen-bond donors (Lipinski definition) is 3. The highest BCUT2D eigenvalue weighted by molar-refractivity contribution is 6.07. The molecule has 0 aliphatic carbocycles. The number of nitrogens with zero attached hydrogens (tertiary/aromatic N) is 1. The first-order valence-corrected chi connectivity index (χ1v) is 11.4. The molecule has 2 unspecified atom stereocenters. The normalized spacial score (nSPS) is 19.7. The Bertz CT molecular complexity index is 1080. The lowest BCUT2D eigenvalue weighted by Gasteiger charge is -2.18. The minimum absolute atomic E-state index is 0.0218. The number of anilines is 3. The Morgan fingerprint density at radius 2 is 1.82 bits per heavy atom. The van der Waals surface area contributed by atoms with E-state index in [4.69, 9.17) is 4.74 Å². The second-order valence-electron chi connectivity index (χ2n) is 8.51. The lowest BCUT2D eigenvalue weighted by Crippen LogP contribution is -2.33. The van der Waals surface area contributed by atoms with Crippen molar-refractivity contribution in [1.29, 1.82) is 0 Å². The lowest BCUT2D eigenvalue weighted by atomic mass is 10.1. The van der Waals surface area contributed by atoms with Crippen molar-refractivity contribution in [1.82, 2.24) is 5.32 Å². The first-order chi connectivity index (χ1) is 16.4. The Kier molecular flexibility index (Phi) is 7.22. The third-order valence-corrected chi connectivity index (χ3v) is 5.94. The molecule has 4 amide bonds. The molecule has 2 atom stereocenters. The van der Waals surface area contributed by atoms with Gasteiger partial charge in [-0.15, -0.1) is 0 Å². The largest absolute Gasteiger partial charge is 0.376 e. The monoisotopic (exact) mass is 464 g/mol. The van der Waals surface area contributed by atoms with Gasteiger partial charge in [-0.3, -0.25) is 19.2 Å². The van der Waals surface area contributed by atoms with Gasteiger partial charge in [0.25, 0.3) is 5.91 Å². The zero-order valence-corrected chi connectivity index (χ0v) is 19.0. The summed E-state index contributed by atoms with van der Waals surface area (Å²) in [6, 6.07) is 13.7. The van der Waals surface area contributed by atoms with Crippen molar-refractivity contribution in [2.24, 2.45) is 5.92 Å². The maximum absolute atomic E-state index is 13.0. The summed E-state index contributed by atoms with van der Waals surface area (Å²) in [7, 11) is 0. The summed E-state index contributed by atoms with van der Waals surface area (Å²) in [5.74, 6) is -1.48. The molecule has 2 aliphatic rings. The Labute approximate surface area is 197 Å². The van der Waals surface area contributed by atoms with Crippen LogP contribution in [0.3, 0.4) is 0 Å². The molecule has 2 aromatic rings. The maximum Gasteiger partial charge on any atom is 0.253 e. The van der Waals surface area contributed by atoms with E-state index >= 15 is 0 Å². The topological polar surface area (TPSA) is 117 Å². The van der Waals surface area contributed by atoms with Crippen molar-refractivity contribution in [3.05, 3.63) is 54.1 Å². The molecule has 9 nitrogen and oxygen atoms in total. The van der Waals surface area contributed by atoms with Crippen LogP contribution in [0, 0.1) is 5.92 Å². The molecular formula is C25H28N4O5. The van der Waals surface area contributed by atoms with Gasteiger partial charge in [0, 0.05) is 44.4 Å². The van der Waals surface area contributed by atoms with E-state index in [9.17, 15) is 19.2 Å². The number of rotatable bonds is 7. The van der Waals surface area contributed by atoms with Crippen LogP contribution in [0.15, 0.2) is 48.5 Å². The van der Waals surface area contributed by atoms with Crippen LogP contribution < -0.4 is 20.9 Å². The highest BCUT2D eigenvalue weighted by atomic mass is 16.5. The van der Waals surface area contributed by atoms with Crippen molar-refractivity contribution in [3.63, 3.8) is 0 Å². The first-order valence-electron chi connectivity index (χ1n) is 11.4. The van der Waals surface area contributed by atoms with E-state index in [-0.39, 0.29) is 42.7 Å². The number of carbonyl (C=O) groups excluding carboxylic acids is 4. The summed E-state index contributed by atoms with van der Waals surface area (Å²) < 4.78 is 5.54. The Balaban J connectivity index is 1.38. The SMILES string of the molecule is CC(=O)Nc1ccc(N2CC(C(=O)Nc3ccccc3C(=O)NCC3CCCO3)CC2=O)cc1. The first kappa shape index (κ1) is 23.4. The van der Waals surface area contributed by atoms with Crippen LogP contribution in [0.25, 0.3) is 0 Å².